The second-order valence-electron chi connectivity index (χ2n) is 4.26. The molecule has 0 fully saturated rings. The molecule has 1 aromatic carbocycles. The van der Waals surface area contributed by atoms with Gasteiger partial charge in [-0.3, -0.25) is 10.1 Å². The summed E-state index contributed by atoms with van der Waals surface area (Å²) in [6.45, 7) is 0.924. The zero-order valence-corrected chi connectivity index (χ0v) is 14.0. The molecule has 0 atom stereocenters. The minimum atomic E-state index is -0.350. The van der Waals surface area contributed by atoms with Crippen molar-refractivity contribution in [2.24, 2.45) is 0 Å². The normalized spacial score (nSPS) is 10.4. The highest BCUT2D eigenvalue weighted by Crippen LogP contribution is 2.24. The summed E-state index contributed by atoms with van der Waals surface area (Å²) >= 11 is 3.90. The van der Waals surface area contributed by atoms with Crippen LogP contribution in [0.25, 0.3) is 0 Å². The van der Waals surface area contributed by atoms with Gasteiger partial charge in [0.05, 0.1) is 8.49 Å². The lowest BCUT2D eigenvalue weighted by Crippen LogP contribution is -2.02. The van der Waals surface area contributed by atoms with Crippen molar-refractivity contribution in [2.45, 2.75) is 25.7 Å². The van der Waals surface area contributed by atoms with Gasteiger partial charge < -0.3 is 5.32 Å². The predicted molar refractivity (Wildman–Crippen MR) is 91.2 cm³/mol. The van der Waals surface area contributed by atoms with Crippen molar-refractivity contribution in [3.8, 4) is 0 Å². The van der Waals surface area contributed by atoms with E-state index < -0.39 is 0 Å². The molecule has 1 N–H and O–H groups in total. The first-order chi connectivity index (χ1) is 9.15. The number of anilines is 1. The summed E-state index contributed by atoms with van der Waals surface area (Å²) in [6.07, 6.45) is 7.08. The van der Waals surface area contributed by atoms with Crippen LogP contribution in [0.2, 0.25) is 0 Å². The smallest absolute Gasteiger partial charge is 0.282 e. The molecule has 6 heteroatoms. The SMILES string of the molecule is CSCCCCCCNc1ccc([N+](=O)[O-])c(I)c1. The lowest BCUT2D eigenvalue weighted by Gasteiger charge is -2.07. The number of nitro groups is 1. The van der Waals surface area contributed by atoms with E-state index in [1.165, 1.54) is 25.0 Å². The van der Waals surface area contributed by atoms with E-state index in [1.807, 2.05) is 40.4 Å². The third-order valence-electron chi connectivity index (χ3n) is 2.75. The van der Waals surface area contributed by atoms with E-state index in [-0.39, 0.29) is 10.6 Å². The van der Waals surface area contributed by atoms with Crippen LogP contribution in [0.3, 0.4) is 0 Å². The van der Waals surface area contributed by atoms with E-state index in [9.17, 15) is 10.1 Å². The third-order valence-corrected chi connectivity index (χ3v) is 4.31. The fraction of sp³-hybridized carbons (Fsp3) is 0.538. The lowest BCUT2D eigenvalue weighted by molar-refractivity contribution is -0.385. The molecular formula is C13H19IN2O2S. The summed E-state index contributed by atoms with van der Waals surface area (Å²) in [5.74, 6) is 1.24. The van der Waals surface area contributed by atoms with Crippen LogP contribution in [-0.2, 0) is 0 Å². The van der Waals surface area contributed by atoms with Crippen molar-refractivity contribution in [3.63, 3.8) is 0 Å². The molecule has 0 bridgehead atoms. The summed E-state index contributed by atoms with van der Waals surface area (Å²) in [5, 5.41) is 14.0. The summed E-state index contributed by atoms with van der Waals surface area (Å²) in [7, 11) is 0. The van der Waals surface area contributed by atoms with Crippen LogP contribution in [-0.4, -0.2) is 23.5 Å². The number of rotatable bonds is 9. The van der Waals surface area contributed by atoms with E-state index in [2.05, 4.69) is 11.6 Å². The second kappa shape index (κ2) is 9.41. The summed E-state index contributed by atoms with van der Waals surface area (Å²) in [4.78, 5) is 10.3. The van der Waals surface area contributed by atoms with Crippen molar-refractivity contribution < 1.29 is 4.92 Å². The van der Waals surface area contributed by atoms with Gasteiger partial charge in [-0.15, -0.1) is 0 Å². The molecule has 0 aliphatic carbocycles. The molecule has 0 radical (unpaired) electrons. The Morgan fingerprint density at radius 2 is 2.05 bits per heavy atom. The first-order valence-electron chi connectivity index (χ1n) is 6.32. The largest absolute Gasteiger partial charge is 0.385 e. The molecule has 0 saturated carbocycles. The van der Waals surface area contributed by atoms with Crippen LogP contribution in [0, 0.1) is 13.7 Å². The van der Waals surface area contributed by atoms with E-state index in [1.54, 1.807) is 12.1 Å². The van der Waals surface area contributed by atoms with Crippen molar-refractivity contribution in [1.82, 2.24) is 0 Å². The van der Waals surface area contributed by atoms with Gasteiger partial charge in [0.25, 0.3) is 5.69 Å². The van der Waals surface area contributed by atoms with Gasteiger partial charge in [0.2, 0.25) is 0 Å². The highest BCUT2D eigenvalue weighted by Gasteiger charge is 2.10. The van der Waals surface area contributed by atoms with Gasteiger partial charge in [0.15, 0.2) is 0 Å². The number of benzene rings is 1. The second-order valence-corrected chi connectivity index (χ2v) is 6.40. The quantitative estimate of drug-likeness (QED) is 0.289. The molecule has 0 saturated heterocycles. The standard InChI is InChI=1S/C13H19IN2O2S/c1-19-9-5-3-2-4-8-15-11-6-7-13(16(17)18)12(14)10-11/h6-7,10,15H,2-5,8-9H2,1H3. The first-order valence-corrected chi connectivity index (χ1v) is 8.79. The monoisotopic (exact) mass is 394 g/mol. The summed E-state index contributed by atoms with van der Waals surface area (Å²) in [6, 6.07) is 5.16. The Hall–Kier alpha value is -0.500. The van der Waals surface area contributed by atoms with Gasteiger partial charge in [-0.1, -0.05) is 12.8 Å². The molecule has 0 amide bonds. The van der Waals surface area contributed by atoms with Crippen LogP contribution in [0.1, 0.15) is 25.7 Å². The Morgan fingerprint density at radius 3 is 2.68 bits per heavy atom. The number of nitro benzene ring substituents is 1. The van der Waals surface area contributed by atoms with E-state index in [0.717, 1.165) is 18.7 Å². The van der Waals surface area contributed by atoms with Crippen LogP contribution in [0.4, 0.5) is 11.4 Å². The maximum atomic E-state index is 10.7. The molecule has 0 heterocycles. The molecule has 0 aliphatic heterocycles. The van der Waals surface area contributed by atoms with E-state index in [4.69, 9.17) is 0 Å². The molecule has 0 aliphatic rings. The Bertz CT molecular complexity index is 416. The fourth-order valence-corrected chi connectivity index (χ4v) is 2.93. The van der Waals surface area contributed by atoms with Crippen LogP contribution in [0.15, 0.2) is 18.2 Å². The lowest BCUT2D eigenvalue weighted by atomic mass is 10.2. The van der Waals surface area contributed by atoms with Gasteiger partial charge in [0, 0.05) is 18.3 Å². The Morgan fingerprint density at radius 1 is 1.32 bits per heavy atom. The molecule has 0 unspecified atom stereocenters. The molecule has 1 aromatic rings. The average molecular weight is 394 g/mol. The van der Waals surface area contributed by atoms with Gasteiger partial charge in [-0.05, 0) is 59.6 Å². The Balaban J connectivity index is 2.26. The molecule has 1 rings (SSSR count). The minimum absolute atomic E-state index is 0.170. The maximum Gasteiger partial charge on any atom is 0.282 e. The highest BCUT2D eigenvalue weighted by molar-refractivity contribution is 14.1. The molecule has 106 valence electrons. The van der Waals surface area contributed by atoms with Crippen molar-refractivity contribution in [3.05, 3.63) is 31.9 Å². The average Bonchev–Trinajstić information content (AvgIpc) is 2.37. The van der Waals surface area contributed by atoms with Crippen molar-refractivity contribution in [1.29, 1.82) is 0 Å². The number of hydrogen-bond donors (Lipinski definition) is 1. The summed E-state index contributed by atoms with van der Waals surface area (Å²) < 4.78 is 0.674. The first kappa shape index (κ1) is 16.6. The molecule has 19 heavy (non-hydrogen) atoms. The topological polar surface area (TPSA) is 55.2 Å². The zero-order valence-electron chi connectivity index (χ0n) is 11.0. The molecular weight excluding hydrogens is 375 g/mol. The van der Waals surface area contributed by atoms with Crippen LogP contribution >= 0.6 is 34.4 Å². The number of nitrogens with zero attached hydrogens (tertiary/aromatic N) is 1. The highest BCUT2D eigenvalue weighted by atomic mass is 127. The van der Waals surface area contributed by atoms with Gasteiger partial charge in [0.1, 0.15) is 0 Å². The number of nitrogens with one attached hydrogen (secondary N) is 1. The minimum Gasteiger partial charge on any atom is -0.385 e. The number of halogens is 1. The van der Waals surface area contributed by atoms with Gasteiger partial charge >= 0.3 is 0 Å². The van der Waals surface area contributed by atoms with Gasteiger partial charge in [-0.2, -0.15) is 11.8 Å². The van der Waals surface area contributed by atoms with Crippen molar-refractivity contribution >= 4 is 45.7 Å². The Kier molecular flexibility index (Phi) is 8.20. The maximum absolute atomic E-state index is 10.7. The predicted octanol–water partition coefficient (Wildman–Crippen LogP) is 4.53. The molecule has 4 nitrogen and oxygen atoms in total. The fourth-order valence-electron chi connectivity index (χ4n) is 1.72. The van der Waals surface area contributed by atoms with Gasteiger partial charge in [-0.25, -0.2) is 0 Å². The zero-order chi connectivity index (χ0) is 14.1. The van der Waals surface area contributed by atoms with E-state index >= 15 is 0 Å². The number of hydrogen-bond acceptors (Lipinski definition) is 4. The van der Waals surface area contributed by atoms with Crippen molar-refractivity contribution in [2.75, 3.05) is 23.9 Å². The molecule has 0 spiro atoms. The summed E-state index contributed by atoms with van der Waals surface area (Å²) in [5.41, 5.74) is 1.13. The Labute approximate surface area is 132 Å². The number of unbranched alkanes of at least 4 members (excludes halogenated alkanes) is 3. The van der Waals surface area contributed by atoms with Crippen LogP contribution < -0.4 is 5.32 Å². The third kappa shape index (κ3) is 6.47. The number of thioether (sulfide) groups is 1. The molecule has 0 aromatic heterocycles. The van der Waals surface area contributed by atoms with Crippen LogP contribution in [0.5, 0.6) is 0 Å². The van der Waals surface area contributed by atoms with E-state index in [0.29, 0.717) is 3.57 Å².